The number of benzene rings is 3. The van der Waals surface area contributed by atoms with Gasteiger partial charge in [-0.1, -0.05) is 58.7 Å². The molecule has 0 aromatic heterocycles. The lowest BCUT2D eigenvalue weighted by molar-refractivity contribution is -0.189. The van der Waals surface area contributed by atoms with Crippen molar-refractivity contribution in [1.29, 1.82) is 0 Å². The van der Waals surface area contributed by atoms with E-state index in [0.717, 1.165) is 24.5 Å². The summed E-state index contributed by atoms with van der Waals surface area (Å²) in [5, 5.41) is 0. The first-order valence-electron chi connectivity index (χ1n) is 12.0. The van der Waals surface area contributed by atoms with Crippen LogP contribution in [0.5, 0.6) is 5.75 Å². The van der Waals surface area contributed by atoms with E-state index in [1.54, 1.807) is 0 Å². The number of rotatable bonds is 9. The highest BCUT2D eigenvalue weighted by molar-refractivity contribution is 14.1. The maximum Gasteiger partial charge on any atom is 0.432 e. The predicted molar refractivity (Wildman–Crippen MR) is 149 cm³/mol. The first kappa shape index (κ1) is 31.9. The fourth-order valence-corrected chi connectivity index (χ4v) is 3.96. The normalized spacial score (nSPS) is 12.4. The number of ether oxygens (including phenoxy) is 1. The first-order chi connectivity index (χ1) is 19.4. The topological polar surface area (TPSA) is 9.23 Å². The summed E-state index contributed by atoms with van der Waals surface area (Å²) in [6.07, 6.45) is 1.50. The molecule has 0 saturated carbocycles. The lowest BCUT2D eigenvalue weighted by Crippen LogP contribution is -2.25. The molecule has 3 aromatic rings. The van der Waals surface area contributed by atoms with Crippen molar-refractivity contribution >= 4 is 22.6 Å². The molecule has 0 saturated heterocycles. The van der Waals surface area contributed by atoms with Crippen LogP contribution in [-0.4, -0.2) is 0 Å². The smallest absolute Gasteiger partial charge is 0.429 e. The second-order valence-corrected chi connectivity index (χ2v) is 9.26. The molecule has 1 nitrogen and oxygen atoms in total. The van der Waals surface area contributed by atoms with Crippen molar-refractivity contribution in [3.05, 3.63) is 134 Å². The van der Waals surface area contributed by atoms with Crippen LogP contribution in [-0.2, 0) is 19.0 Å². The SMILES string of the molecule is C/C=C/CCc1ccc(C#CC(=C/I)/C=C(/F)Cc2cc(F)c(C(F)(F)Oc3cc(F)c(F)c(F)c3)c(F)c2)cc1. The quantitative estimate of drug-likeness (QED) is 0.0544. The molecular weight excluding hydrogens is 667 g/mol. The number of alkyl halides is 2. The highest BCUT2D eigenvalue weighted by Crippen LogP contribution is 2.36. The van der Waals surface area contributed by atoms with Gasteiger partial charge < -0.3 is 4.74 Å². The number of hydrogen-bond acceptors (Lipinski definition) is 1. The van der Waals surface area contributed by atoms with Crippen LogP contribution in [0.25, 0.3) is 0 Å². The Morgan fingerprint density at radius 3 is 2.07 bits per heavy atom. The van der Waals surface area contributed by atoms with Gasteiger partial charge in [0.15, 0.2) is 17.5 Å². The number of halogens is 9. The second-order valence-electron chi connectivity index (χ2n) is 8.64. The fourth-order valence-electron chi connectivity index (χ4n) is 3.62. The van der Waals surface area contributed by atoms with Crippen LogP contribution in [0.3, 0.4) is 0 Å². The van der Waals surface area contributed by atoms with Gasteiger partial charge in [0.1, 0.15) is 28.8 Å². The lowest BCUT2D eigenvalue weighted by atomic mass is 10.0. The molecule has 0 fully saturated rings. The van der Waals surface area contributed by atoms with Crippen LogP contribution >= 0.6 is 22.6 Å². The lowest BCUT2D eigenvalue weighted by Gasteiger charge is -2.20. The van der Waals surface area contributed by atoms with E-state index in [2.05, 4.69) is 22.7 Å². The molecule has 0 heterocycles. The van der Waals surface area contributed by atoms with Crippen LogP contribution in [0.4, 0.5) is 35.1 Å². The molecule has 3 aromatic carbocycles. The Bertz CT molecular complexity index is 1500. The third-order valence-corrected chi connectivity index (χ3v) is 6.21. The van der Waals surface area contributed by atoms with Crippen molar-refractivity contribution in [3.8, 4) is 17.6 Å². The molecule has 10 heteroatoms. The minimum Gasteiger partial charge on any atom is -0.429 e. The Labute approximate surface area is 245 Å². The van der Waals surface area contributed by atoms with Crippen molar-refractivity contribution in [3.63, 3.8) is 0 Å². The summed E-state index contributed by atoms with van der Waals surface area (Å²) < 4.78 is 118. The van der Waals surface area contributed by atoms with Crippen LogP contribution < -0.4 is 4.74 Å². The predicted octanol–water partition coefficient (Wildman–Crippen LogP) is 9.79. The molecule has 0 radical (unpaired) electrons. The van der Waals surface area contributed by atoms with E-state index in [-0.39, 0.29) is 23.3 Å². The molecule has 0 aliphatic heterocycles. The van der Waals surface area contributed by atoms with Crippen molar-refractivity contribution in [2.24, 2.45) is 0 Å². The molecule has 0 bridgehead atoms. The van der Waals surface area contributed by atoms with E-state index in [1.807, 2.05) is 59.9 Å². The van der Waals surface area contributed by atoms with Crippen molar-refractivity contribution in [1.82, 2.24) is 0 Å². The molecule has 0 aliphatic carbocycles. The van der Waals surface area contributed by atoms with Crippen molar-refractivity contribution < 1.29 is 39.9 Å². The summed E-state index contributed by atoms with van der Waals surface area (Å²) in [6, 6.07) is 8.69. The van der Waals surface area contributed by atoms with E-state index < -0.39 is 58.8 Å². The van der Waals surface area contributed by atoms with Crippen LogP contribution in [0.1, 0.15) is 35.6 Å². The van der Waals surface area contributed by atoms with E-state index in [1.165, 1.54) is 4.08 Å². The van der Waals surface area contributed by atoms with Crippen molar-refractivity contribution in [2.75, 3.05) is 0 Å². The molecule has 0 N–H and O–H groups in total. The third-order valence-electron chi connectivity index (χ3n) is 5.54. The zero-order chi connectivity index (χ0) is 30.2. The Kier molecular flexibility index (Phi) is 11.2. The molecule has 214 valence electrons. The standard InChI is InChI=1S/C31H21F8IO/c1-2-3-4-5-19-6-8-20(9-7-19)10-11-21(18-40)12-23(32)13-22-14-25(33)29(26(34)15-22)31(38,39)41-24-16-27(35)30(37)28(36)17-24/h2-3,6-9,12,14-18H,4-5,13H2,1H3/b3-2+,21-18-,23-12+. The van der Waals surface area contributed by atoms with E-state index >= 15 is 0 Å². The fraction of sp³-hybridized carbons (Fsp3) is 0.161. The number of allylic oxidation sites excluding steroid dienone is 5. The Hall–Kier alpha value is -3.59. The molecule has 0 unspecified atom stereocenters. The van der Waals surface area contributed by atoms with Gasteiger partial charge in [-0.25, -0.2) is 26.3 Å². The molecule has 0 amide bonds. The molecule has 3 rings (SSSR count). The highest BCUT2D eigenvalue weighted by Gasteiger charge is 2.41. The average Bonchev–Trinajstić information content (AvgIpc) is 2.89. The molecule has 0 spiro atoms. The molecule has 0 aliphatic rings. The van der Waals surface area contributed by atoms with Crippen molar-refractivity contribution in [2.45, 2.75) is 32.3 Å². The maximum atomic E-state index is 14.7. The average molecular weight is 688 g/mol. The minimum absolute atomic E-state index is 0.0965. The number of aryl methyl sites for hydroxylation is 1. The summed E-state index contributed by atoms with van der Waals surface area (Å²) in [4.78, 5) is 0. The Balaban J connectivity index is 1.74. The van der Waals surface area contributed by atoms with Gasteiger partial charge >= 0.3 is 6.11 Å². The van der Waals surface area contributed by atoms with E-state index in [4.69, 9.17) is 0 Å². The van der Waals surface area contributed by atoms with Gasteiger partial charge in [-0.3, -0.25) is 0 Å². The van der Waals surface area contributed by atoms with Gasteiger partial charge in [0.2, 0.25) is 0 Å². The largest absolute Gasteiger partial charge is 0.432 e. The Morgan fingerprint density at radius 1 is 0.902 bits per heavy atom. The molecule has 41 heavy (non-hydrogen) atoms. The maximum absolute atomic E-state index is 14.7. The summed E-state index contributed by atoms with van der Waals surface area (Å²) in [7, 11) is 0. The zero-order valence-electron chi connectivity index (χ0n) is 21.4. The van der Waals surface area contributed by atoms with E-state index in [0.29, 0.717) is 17.7 Å². The van der Waals surface area contributed by atoms with Gasteiger partial charge in [-0.2, -0.15) is 8.78 Å². The summed E-state index contributed by atoms with van der Waals surface area (Å²) in [5.41, 5.74) is -0.101. The van der Waals surface area contributed by atoms with Crippen LogP contribution in [0, 0.1) is 40.9 Å². The number of hydrogen-bond donors (Lipinski definition) is 0. The minimum atomic E-state index is -4.74. The van der Waals surface area contributed by atoms with Gasteiger partial charge in [-0.15, -0.1) is 0 Å². The zero-order valence-corrected chi connectivity index (χ0v) is 23.5. The van der Waals surface area contributed by atoms with E-state index in [9.17, 15) is 35.1 Å². The van der Waals surface area contributed by atoms with Gasteiger partial charge in [0, 0.05) is 29.7 Å². The summed E-state index contributed by atoms with van der Waals surface area (Å²) in [6.45, 7) is 1.95. The van der Waals surface area contributed by atoms with Crippen LogP contribution in [0.2, 0.25) is 0 Å². The second kappa shape index (κ2) is 14.3. The highest BCUT2D eigenvalue weighted by atomic mass is 127. The monoisotopic (exact) mass is 688 g/mol. The van der Waals surface area contributed by atoms with Crippen LogP contribution in [0.15, 0.2) is 82.2 Å². The molecule has 0 atom stereocenters. The Morgan fingerprint density at radius 2 is 1.51 bits per heavy atom. The van der Waals surface area contributed by atoms with Gasteiger partial charge in [0.25, 0.3) is 0 Å². The first-order valence-corrected chi connectivity index (χ1v) is 13.3. The third kappa shape index (κ3) is 8.95. The summed E-state index contributed by atoms with van der Waals surface area (Å²) >= 11 is 1.85. The van der Waals surface area contributed by atoms with Gasteiger partial charge in [-0.05, 0) is 65.3 Å². The molecular formula is C31H21F8IO. The van der Waals surface area contributed by atoms with Gasteiger partial charge in [0.05, 0.1) is 0 Å². The summed E-state index contributed by atoms with van der Waals surface area (Å²) in [5.74, 6) is -5.57.